The molecule has 1 aliphatic rings. The van der Waals surface area contributed by atoms with Crippen molar-refractivity contribution in [3.8, 4) is 0 Å². The Kier molecular flexibility index (Phi) is 7.03. The van der Waals surface area contributed by atoms with Crippen molar-refractivity contribution >= 4 is 6.09 Å². The van der Waals surface area contributed by atoms with E-state index in [2.05, 4.69) is 0 Å². The van der Waals surface area contributed by atoms with E-state index in [0.717, 1.165) is 5.56 Å². The summed E-state index contributed by atoms with van der Waals surface area (Å²) in [6, 6.07) is 9.78. The minimum Gasteiger partial charge on any atom is -0.444 e. The number of rotatable bonds is 6. The van der Waals surface area contributed by atoms with Gasteiger partial charge in [-0.3, -0.25) is 0 Å². The highest BCUT2D eigenvalue weighted by Crippen LogP contribution is 2.37. The van der Waals surface area contributed by atoms with E-state index >= 15 is 0 Å². The van der Waals surface area contributed by atoms with Crippen molar-refractivity contribution in [2.45, 2.75) is 51.9 Å². The van der Waals surface area contributed by atoms with Gasteiger partial charge in [-0.2, -0.15) is 0 Å². The summed E-state index contributed by atoms with van der Waals surface area (Å²) in [7, 11) is 0. The summed E-state index contributed by atoms with van der Waals surface area (Å²) in [6.07, 6.45) is 0.246. The third-order valence-electron chi connectivity index (χ3n) is 4.82. The van der Waals surface area contributed by atoms with Gasteiger partial charge in [0.2, 0.25) is 0 Å². The maximum Gasteiger partial charge on any atom is 0.410 e. The molecule has 0 saturated carbocycles. The number of likely N-dealkylation sites (tertiary alicyclic amines) is 1. The van der Waals surface area contributed by atoms with Crippen LogP contribution in [0.5, 0.6) is 0 Å². The van der Waals surface area contributed by atoms with Crippen molar-refractivity contribution in [3.63, 3.8) is 0 Å². The van der Waals surface area contributed by atoms with Gasteiger partial charge in [-0.05, 0) is 39.2 Å². The molecule has 6 nitrogen and oxygen atoms in total. The van der Waals surface area contributed by atoms with Crippen LogP contribution in [0.25, 0.3) is 0 Å². The summed E-state index contributed by atoms with van der Waals surface area (Å²) < 4.78 is 11.6. The second-order valence-electron chi connectivity index (χ2n) is 7.96. The molecular weight excluding hydrogens is 334 g/mol. The van der Waals surface area contributed by atoms with Crippen LogP contribution in [0.2, 0.25) is 0 Å². The molecule has 1 aromatic carbocycles. The van der Waals surface area contributed by atoms with Crippen molar-refractivity contribution in [2.24, 2.45) is 5.41 Å². The predicted octanol–water partition coefficient (Wildman–Crippen LogP) is 2.57. The number of carbonyl (C=O) groups is 1. The van der Waals surface area contributed by atoms with E-state index in [9.17, 15) is 15.0 Å². The largest absolute Gasteiger partial charge is 0.444 e. The van der Waals surface area contributed by atoms with Gasteiger partial charge in [0.1, 0.15) is 5.60 Å². The molecule has 1 amide bonds. The molecule has 2 rings (SSSR count). The van der Waals surface area contributed by atoms with Gasteiger partial charge in [0, 0.05) is 18.6 Å². The number of hydrogen-bond donors (Lipinski definition) is 2. The number of nitrogens with zero attached hydrogens (tertiary/aromatic N) is 1. The molecule has 2 N–H and O–H groups in total. The number of ether oxygens (including phenoxy) is 2. The first-order valence-corrected chi connectivity index (χ1v) is 9.15. The maximum absolute atomic E-state index is 12.4. The Hall–Kier alpha value is -1.63. The molecule has 26 heavy (non-hydrogen) atoms. The lowest BCUT2D eigenvalue weighted by Crippen LogP contribution is -2.56. The molecule has 0 spiro atoms. The number of benzene rings is 1. The van der Waals surface area contributed by atoms with E-state index in [0.29, 0.717) is 32.5 Å². The molecule has 146 valence electrons. The third kappa shape index (κ3) is 5.43. The average molecular weight is 365 g/mol. The van der Waals surface area contributed by atoms with Gasteiger partial charge in [0.25, 0.3) is 0 Å². The topological polar surface area (TPSA) is 79.2 Å². The van der Waals surface area contributed by atoms with E-state index in [1.165, 1.54) is 0 Å². The zero-order valence-electron chi connectivity index (χ0n) is 16.0. The summed E-state index contributed by atoms with van der Waals surface area (Å²) in [5.74, 6) is 0. The summed E-state index contributed by atoms with van der Waals surface area (Å²) in [6.45, 7) is 6.59. The lowest BCUT2D eigenvalue weighted by Gasteiger charge is -2.46. The van der Waals surface area contributed by atoms with Gasteiger partial charge in [0.15, 0.2) is 0 Å². The normalized spacial score (nSPS) is 23.7. The van der Waals surface area contributed by atoms with Crippen LogP contribution in [0, 0.1) is 5.41 Å². The lowest BCUT2D eigenvalue weighted by molar-refractivity contribution is -0.123. The van der Waals surface area contributed by atoms with Gasteiger partial charge < -0.3 is 24.6 Å². The summed E-state index contributed by atoms with van der Waals surface area (Å²) in [5, 5.41) is 19.5. The second-order valence-corrected chi connectivity index (χ2v) is 7.96. The van der Waals surface area contributed by atoms with E-state index in [-0.39, 0.29) is 25.4 Å². The predicted molar refractivity (Wildman–Crippen MR) is 98.7 cm³/mol. The van der Waals surface area contributed by atoms with Gasteiger partial charge >= 0.3 is 6.09 Å². The number of piperidine rings is 1. The number of aliphatic hydroxyl groups excluding tert-OH is 2. The molecule has 6 heteroatoms. The van der Waals surface area contributed by atoms with Crippen LogP contribution in [0.4, 0.5) is 4.79 Å². The van der Waals surface area contributed by atoms with Crippen LogP contribution in [0.1, 0.15) is 39.2 Å². The van der Waals surface area contributed by atoms with Crippen LogP contribution in [0.3, 0.4) is 0 Å². The van der Waals surface area contributed by atoms with Crippen LogP contribution in [-0.2, 0) is 16.1 Å². The summed E-state index contributed by atoms with van der Waals surface area (Å²) in [4.78, 5) is 14.1. The molecule has 1 aromatic rings. The molecule has 0 aliphatic carbocycles. The van der Waals surface area contributed by atoms with Crippen LogP contribution >= 0.6 is 0 Å². The van der Waals surface area contributed by atoms with Crippen molar-refractivity contribution in [3.05, 3.63) is 35.9 Å². The number of carbonyl (C=O) groups excluding carboxylic acids is 1. The van der Waals surface area contributed by atoms with Crippen LogP contribution < -0.4 is 0 Å². The first kappa shape index (κ1) is 20.7. The first-order valence-electron chi connectivity index (χ1n) is 9.15. The molecule has 0 radical (unpaired) electrons. The molecule has 1 fully saturated rings. The third-order valence-corrected chi connectivity index (χ3v) is 4.82. The molecule has 0 bridgehead atoms. The first-order chi connectivity index (χ1) is 12.3. The van der Waals surface area contributed by atoms with Crippen molar-refractivity contribution < 1.29 is 24.5 Å². The fourth-order valence-electron chi connectivity index (χ4n) is 3.27. The molecule has 0 unspecified atom stereocenters. The minimum absolute atomic E-state index is 0.0296. The Labute approximate surface area is 155 Å². The van der Waals surface area contributed by atoms with Gasteiger partial charge in [0.05, 0.1) is 25.9 Å². The summed E-state index contributed by atoms with van der Waals surface area (Å²) >= 11 is 0. The van der Waals surface area contributed by atoms with Crippen LogP contribution in [0.15, 0.2) is 30.3 Å². The lowest BCUT2D eigenvalue weighted by atomic mass is 9.74. The second kappa shape index (κ2) is 8.84. The van der Waals surface area contributed by atoms with E-state index in [1.54, 1.807) is 4.90 Å². The molecule has 1 heterocycles. The standard InChI is InChI=1S/C20H31NO5/c1-19(2,3)26-18(24)21-11-9-20(15-23,10-12-22)17(13-21)25-14-16-7-5-4-6-8-16/h4-8,17,22-23H,9-15H2,1-3H3/t17-,20+/m0/s1. The quantitative estimate of drug-likeness (QED) is 0.810. The highest BCUT2D eigenvalue weighted by atomic mass is 16.6. The summed E-state index contributed by atoms with van der Waals surface area (Å²) in [5.41, 5.74) is -0.0893. The molecule has 1 saturated heterocycles. The van der Waals surface area contributed by atoms with Gasteiger partial charge in [-0.15, -0.1) is 0 Å². The number of aliphatic hydroxyl groups is 2. The van der Waals surface area contributed by atoms with Crippen molar-refractivity contribution in [1.82, 2.24) is 4.90 Å². The molecular formula is C20H31NO5. The van der Waals surface area contributed by atoms with E-state index in [4.69, 9.17) is 9.47 Å². The SMILES string of the molecule is CC(C)(C)OC(=O)N1CC[C@](CO)(CCO)[C@@H](OCc2ccccc2)C1. The highest BCUT2D eigenvalue weighted by Gasteiger charge is 2.45. The average Bonchev–Trinajstić information content (AvgIpc) is 2.60. The Morgan fingerprint density at radius 1 is 1.27 bits per heavy atom. The molecule has 1 aliphatic heterocycles. The number of amides is 1. The molecule has 0 aromatic heterocycles. The number of hydrogen-bond acceptors (Lipinski definition) is 5. The monoisotopic (exact) mass is 365 g/mol. The highest BCUT2D eigenvalue weighted by molar-refractivity contribution is 5.68. The van der Waals surface area contributed by atoms with E-state index in [1.807, 2.05) is 51.1 Å². The van der Waals surface area contributed by atoms with E-state index < -0.39 is 11.0 Å². The maximum atomic E-state index is 12.4. The van der Waals surface area contributed by atoms with Gasteiger partial charge in [-0.25, -0.2) is 4.79 Å². The zero-order valence-corrected chi connectivity index (χ0v) is 16.0. The molecule has 2 atom stereocenters. The van der Waals surface area contributed by atoms with Gasteiger partial charge in [-0.1, -0.05) is 30.3 Å². The zero-order chi connectivity index (χ0) is 19.2. The van der Waals surface area contributed by atoms with Crippen molar-refractivity contribution in [1.29, 1.82) is 0 Å². The Balaban J connectivity index is 2.11. The van der Waals surface area contributed by atoms with Crippen molar-refractivity contribution in [2.75, 3.05) is 26.3 Å². The Bertz CT molecular complexity index is 571. The Morgan fingerprint density at radius 2 is 1.96 bits per heavy atom. The minimum atomic E-state index is -0.561. The Morgan fingerprint density at radius 3 is 2.54 bits per heavy atom. The van der Waals surface area contributed by atoms with Crippen LogP contribution in [-0.4, -0.2) is 59.2 Å². The smallest absolute Gasteiger partial charge is 0.410 e. The fraction of sp³-hybridized carbons (Fsp3) is 0.650. The fourth-order valence-corrected chi connectivity index (χ4v) is 3.27.